The number of rotatable bonds is 2. The van der Waals surface area contributed by atoms with Crippen molar-refractivity contribution in [2.45, 2.75) is 44.6 Å². The fraction of sp³-hybridized carbons (Fsp3) is 0.647. The Morgan fingerprint density at radius 1 is 1.00 bits per heavy atom. The zero-order valence-corrected chi connectivity index (χ0v) is 13.7. The van der Waals surface area contributed by atoms with Crippen molar-refractivity contribution < 1.29 is 0 Å². The molecule has 3 rings (SSSR count). The maximum absolute atomic E-state index is 3.81. The van der Waals surface area contributed by atoms with Crippen molar-refractivity contribution in [1.82, 2.24) is 5.32 Å². The zero-order chi connectivity index (χ0) is 13.8. The van der Waals surface area contributed by atoms with Gasteiger partial charge >= 0.3 is 0 Å². The molecule has 1 aliphatic carbocycles. The molecule has 0 aromatic heterocycles. The highest BCUT2D eigenvalue weighted by molar-refractivity contribution is 9.10. The minimum Gasteiger partial charge on any atom is -0.370 e. The summed E-state index contributed by atoms with van der Waals surface area (Å²) in [6, 6.07) is 9.48. The Bertz CT molecular complexity index is 412. The summed E-state index contributed by atoms with van der Waals surface area (Å²) in [5, 5.41) is 3.81. The lowest BCUT2D eigenvalue weighted by Crippen LogP contribution is -2.43. The summed E-state index contributed by atoms with van der Waals surface area (Å²) in [6.45, 7) is 3.53. The third kappa shape index (κ3) is 3.56. The summed E-state index contributed by atoms with van der Waals surface area (Å²) in [6.07, 6.45) is 8.40. The average Bonchev–Trinajstić information content (AvgIpc) is 2.75. The van der Waals surface area contributed by atoms with Gasteiger partial charge in [0.15, 0.2) is 0 Å². The molecule has 110 valence electrons. The third-order valence-corrected chi connectivity index (χ3v) is 5.37. The van der Waals surface area contributed by atoms with Gasteiger partial charge in [-0.1, -0.05) is 35.2 Å². The van der Waals surface area contributed by atoms with Crippen molar-refractivity contribution in [3.63, 3.8) is 0 Å². The van der Waals surface area contributed by atoms with E-state index in [1.54, 1.807) is 0 Å². The molecule has 1 atom stereocenters. The monoisotopic (exact) mass is 336 g/mol. The fourth-order valence-electron chi connectivity index (χ4n) is 3.69. The van der Waals surface area contributed by atoms with Gasteiger partial charge in [0.1, 0.15) is 0 Å². The molecule has 1 unspecified atom stereocenters. The lowest BCUT2D eigenvalue weighted by atomic mass is 9.83. The molecular weight excluding hydrogens is 312 g/mol. The number of nitrogens with zero attached hydrogens (tertiary/aromatic N) is 1. The number of anilines is 1. The fourth-order valence-corrected chi connectivity index (χ4v) is 3.95. The van der Waals surface area contributed by atoms with E-state index >= 15 is 0 Å². The van der Waals surface area contributed by atoms with Gasteiger partial charge in [0.05, 0.1) is 0 Å². The normalized spacial score (nSPS) is 25.4. The Morgan fingerprint density at radius 2 is 1.75 bits per heavy atom. The summed E-state index contributed by atoms with van der Waals surface area (Å²) >= 11 is 3.53. The lowest BCUT2D eigenvalue weighted by molar-refractivity contribution is 0.277. The highest BCUT2D eigenvalue weighted by Gasteiger charge is 2.26. The van der Waals surface area contributed by atoms with Crippen molar-refractivity contribution >= 4 is 21.6 Å². The van der Waals surface area contributed by atoms with Crippen LogP contribution in [-0.4, -0.2) is 25.7 Å². The van der Waals surface area contributed by atoms with Crippen LogP contribution in [0, 0.1) is 5.92 Å². The smallest absolute Gasteiger partial charge is 0.0367 e. The van der Waals surface area contributed by atoms with Gasteiger partial charge in [0.2, 0.25) is 0 Å². The van der Waals surface area contributed by atoms with Crippen LogP contribution in [0.15, 0.2) is 28.7 Å². The Balaban J connectivity index is 1.69. The molecule has 20 heavy (non-hydrogen) atoms. The van der Waals surface area contributed by atoms with E-state index in [1.807, 2.05) is 0 Å². The molecule has 1 aliphatic heterocycles. The number of hydrogen-bond donors (Lipinski definition) is 1. The van der Waals surface area contributed by atoms with Crippen molar-refractivity contribution in [2.75, 3.05) is 24.5 Å². The molecule has 1 heterocycles. The largest absolute Gasteiger partial charge is 0.370 e. The summed E-state index contributed by atoms with van der Waals surface area (Å²) < 4.78 is 1.16. The second kappa shape index (κ2) is 6.95. The third-order valence-electron chi connectivity index (χ3n) is 4.84. The molecule has 0 bridgehead atoms. The first-order chi connectivity index (χ1) is 9.83. The van der Waals surface area contributed by atoms with E-state index in [4.69, 9.17) is 0 Å². The highest BCUT2D eigenvalue weighted by atomic mass is 79.9. The van der Waals surface area contributed by atoms with Crippen LogP contribution in [0.3, 0.4) is 0 Å². The van der Waals surface area contributed by atoms with E-state index in [1.165, 1.54) is 63.8 Å². The van der Waals surface area contributed by atoms with Crippen molar-refractivity contribution in [3.8, 4) is 0 Å². The second-order valence-corrected chi connectivity index (χ2v) is 7.15. The molecular formula is C17H25BrN2. The number of nitrogens with one attached hydrogen (secondary N) is 1. The van der Waals surface area contributed by atoms with Crippen LogP contribution in [0.5, 0.6) is 0 Å². The lowest BCUT2D eigenvalue weighted by Gasteiger charge is -2.33. The van der Waals surface area contributed by atoms with Crippen LogP contribution in [0.2, 0.25) is 0 Å². The van der Waals surface area contributed by atoms with Crippen LogP contribution in [0.1, 0.15) is 38.5 Å². The van der Waals surface area contributed by atoms with Gasteiger partial charge in [0, 0.05) is 29.3 Å². The quantitative estimate of drug-likeness (QED) is 0.870. The second-order valence-electron chi connectivity index (χ2n) is 6.23. The molecule has 2 fully saturated rings. The maximum atomic E-state index is 3.81. The van der Waals surface area contributed by atoms with Crippen LogP contribution in [0.25, 0.3) is 0 Å². The van der Waals surface area contributed by atoms with Crippen LogP contribution in [0.4, 0.5) is 5.69 Å². The van der Waals surface area contributed by atoms with E-state index in [2.05, 4.69) is 50.4 Å². The molecule has 0 radical (unpaired) electrons. The first-order valence-corrected chi connectivity index (χ1v) is 8.86. The standard InChI is InChI=1S/C17H25BrN2/c18-15-7-9-16(10-8-15)20-12-4-11-19-17(13-20)14-5-2-1-3-6-14/h7-10,14,17,19H,1-6,11-13H2. The van der Waals surface area contributed by atoms with Crippen molar-refractivity contribution in [3.05, 3.63) is 28.7 Å². The van der Waals surface area contributed by atoms with Gasteiger partial charge in [-0.05, 0) is 56.0 Å². The van der Waals surface area contributed by atoms with Gasteiger partial charge < -0.3 is 10.2 Å². The summed E-state index contributed by atoms with van der Waals surface area (Å²) in [4.78, 5) is 2.58. The molecule has 1 aromatic rings. The minimum absolute atomic E-state index is 0.682. The molecule has 1 saturated carbocycles. The number of hydrogen-bond acceptors (Lipinski definition) is 2. The first kappa shape index (κ1) is 14.4. The Labute approximate surface area is 131 Å². The van der Waals surface area contributed by atoms with Crippen LogP contribution < -0.4 is 10.2 Å². The molecule has 1 aromatic carbocycles. The van der Waals surface area contributed by atoms with Gasteiger partial charge in [-0.25, -0.2) is 0 Å². The summed E-state index contributed by atoms with van der Waals surface area (Å²) in [5.41, 5.74) is 1.37. The van der Waals surface area contributed by atoms with E-state index < -0.39 is 0 Å². The molecule has 1 N–H and O–H groups in total. The van der Waals surface area contributed by atoms with Crippen molar-refractivity contribution in [1.29, 1.82) is 0 Å². The molecule has 2 nitrogen and oxygen atoms in total. The first-order valence-electron chi connectivity index (χ1n) is 8.07. The van der Waals surface area contributed by atoms with E-state index in [0.29, 0.717) is 6.04 Å². The van der Waals surface area contributed by atoms with Gasteiger partial charge in [-0.3, -0.25) is 0 Å². The average molecular weight is 337 g/mol. The number of benzene rings is 1. The van der Waals surface area contributed by atoms with E-state index in [0.717, 1.165) is 10.4 Å². The molecule has 0 spiro atoms. The SMILES string of the molecule is Brc1ccc(N2CCCNC(C3CCCCC3)C2)cc1. The minimum atomic E-state index is 0.682. The molecule has 3 heteroatoms. The number of halogens is 1. The Morgan fingerprint density at radius 3 is 2.50 bits per heavy atom. The highest BCUT2D eigenvalue weighted by Crippen LogP contribution is 2.29. The summed E-state index contributed by atoms with van der Waals surface area (Å²) in [5.74, 6) is 0.889. The van der Waals surface area contributed by atoms with Gasteiger partial charge in [-0.2, -0.15) is 0 Å². The summed E-state index contributed by atoms with van der Waals surface area (Å²) in [7, 11) is 0. The maximum Gasteiger partial charge on any atom is 0.0367 e. The molecule has 0 amide bonds. The Kier molecular flexibility index (Phi) is 5.00. The topological polar surface area (TPSA) is 15.3 Å². The van der Waals surface area contributed by atoms with Crippen LogP contribution in [-0.2, 0) is 0 Å². The zero-order valence-electron chi connectivity index (χ0n) is 12.2. The predicted molar refractivity (Wildman–Crippen MR) is 89.3 cm³/mol. The predicted octanol–water partition coefficient (Wildman–Crippen LogP) is 4.20. The Hall–Kier alpha value is -0.540. The van der Waals surface area contributed by atoms with Crippen LogP contribution >= 0.6 is 15.9 Å². The van der Waals surface area contributed by atoms with Gasteiger partial charge in [0.25, 0.3) is 0 Å². The van der Waals surface area contributed by atoms with E-state index in [9.17, 15) is 0 Å². The van der Waals surface area contributed by atoms with Gasteiger partial charge in [-0.15, -0.1) is 0 Å². The van der Waals surface area contributed by atoms with Crippen molar-refractivity contribution in [2.24, 2.45) is 5.92 Å². The van der Waals surface area contributed by atoms with E-state index in [-0.39, 0.29) is 0 Å². The molecule has 1 saturated heterocycles. The molecule has 2 aliphatic rings.